The molecule has 1 aliphatic carbocycles. The van der Waals surface area contributed by atoms with Crippen LogP contribution in [0.1, 0.15) is 54.7 Å². The fourth-order valence-electron chi connectivity index (χ4n) is 4.21. The summed E-state index contributed by atoms with van der Waals surface area (Å²) in [7, 11) is 0. The number of pyridine rings is 1. The highest BCUT2D eigenvalue weighted by Crippen LogP contribution is 2.48. The number of rotatable bonds is 4. The molecule has 0 bridgehead atoms. The van der Waals surface area contributed by atoms with E-state index in [0.29, 0.717) is 18.2 Å². The molecule has 3 aromatic heterocycles. The topological polar surface area (TPSA) is 103 Å². The summed E-state index contributed by atoms with van der Waals surface area (Å²) >= 11 is 0. The normalized spacial score (nSPS) is 17.8. The van der Waals surface area contributed by atoms with E-state index < -0.39 is 11.4 Å². The maximum Gasteiger partial charge on any atom is 0.341 e. The van der Waals surface area contributed by atoms with Gasteiger partial charge in [-0.1, -0.05) is 13.8 Å². The van der Waals surface area contributed by atoms with Crippen LogP contribution >= 0.6 is 0 Å². The monoisotopic (exact) mass is 391 g/mol. The van der Waals surface area contributed by atoms with E-state index in [-0.39, 0.29) is 17.5 Å². The summed E-state index contributed by atoms with van der Waals surface area (Å²) in [4.78, 5) is 24.1. The smallest absolute Gasteiger partial charge is 0.341 e. The number of carbonyl (C=O) groups is 1. The fraction of sp³-hybridized carbons (Fsp3) is 0.381. The summed E-state index contributed by atoms with van der Waals surface area (Å²) < 4.78 is 3.94. The van der Waals surface area contributed by atoms with Crippen LogP contribution in [0.15, 0.2) is 35.5 Å². The molecule has 1 atom stereocenters. The number of aromatic nitrogens is 5. The second-order valence-corrected chi connectivity index (χ2v) is 8.16. The van der Waals surface area contributed by atoms with E-state index in [0.717, 1.165) is 35.4 Å². The second-order valence-electron chi connectivity index (χ2n) is 8.16. The predicted octanol–water partition coefficient (Wildman–Crippen LogP) is 2.96. The van der Waals surface area contributed by atoms with Crippen LogP contribution in [0.3, 0.4) is 0 Å². The van der Waals surface area contributed by atoms with Gasteiger partial charge in [-0.15, -0.1) is 0 Å². The Morgan fingerprint density at radius 2 is 2.07 bits per heavy atom. The Bertz CT molecular complexity index is 1180. The van der Waals surface area contributed by atoms with E-state index in [1.807, 2.05) is 15.3 Å². The van der Waals surface area contributed by atoms with Gasteiger partial charge in [-0.3, -0.25) is 9.48 Å². The minimum atomic E-state index is -1.20. The van der Waals surface area contributed by atoms with Gasteiger partial charge >= 0.3 is 5.97 Å². The molecule has 4 heterocycles. The molecule has 0 amide bonds. The molecule has 1 fully saturated rings. The molecule has 3 aromatic rings. The third-order valence-corrected chi connectivity index (χ3v) is 5.86. The van der Waals surface area contributed by atoms with Gasteiger partial charge in [-0.25, -0.2) is 4.79 Å². The number of aromatic carboxylic acids is 1. The highest BCUT2D eigenvalue weighted by Gasteiger charge is 2.37. The van der Waals surface area contributed by atoms with Crippen LogP contribution in [0, 0.1) is 5.92 Å². The molecule has 29 heavy (non-hydrogen) atoms. The van der Waals surface area contributed by atoms with Gasteiger partial charge in [0.05, 0.1) is 42.1 Å². The van der Waals surface area contributed by atoms with Crippen molar-refractivity contribution in [1.82, 2.24) is 24.5 Å². The summed E-state index contributed by atoms with van der Waals surface area (Å²) in [6, 6.07) is 3.35. The summed E-state index contributed by atoms with van der Waals surface area (Å²) in [5.41, 5.74) is 3.77. The first kappa shape index (κ1) is 17.8. The summed E-state index contributed by atoms with van der Waals surface area (Å²) in [5.74, 6) is -0.554. The average Bonchev–Trinajstić information content (AvgIpc) is 3.47. The van der Waals surface area contributed by atoms with Crippen LogP contribution in [-0.4, -0.2) is 35.6 Å². The van der Waals surface area contributed by atoms with Gasteiger partial charge in [0.25, 0.3) is 0 Å². The van der Waals surface area contributed by atoms with Crippen molar-refractivity contribution in [3.8, 4) is 22.5 Å². The molecule has 0 aromatic carbocycles. The lowest BCUT2D eigenvalue weighted by Crippen LogP contribution is -2.31. The zero-order valence-corrected chi connectivity index (χ0v) is 16.2. The predicted molar refractivity (Wildman–Crippen MR) is 106 cm³/mol. The van der Waals surface area contributed by atoms with Crippen LogP contribution in [0.4, 0.5) is 0 Å². The molecular weight excluding hydrogens is 370 g/mol. The molecule has 0 saturated heterocycles. The molecule has 0 spiro atoms. The van der Waals surface area contributed by atoms with E-state index >= 15 is 0 Å². The molecule has 8 heteroatoms. The first-order valence-corrected chi connectivity index (χ1v) is 9.83. The zero-order chi connectivity index (χ0) is 20.3. The van der Waals surface area contributed by atoms with Gasteiger partial charge in [0.15, 0.2) is 5.43 Å². The van der Waals surface area contributed by atoms with Gasteiger partial charge in [0, 0.05) is 29.3 Å². The molecule has 1 aliphatic heterocycles. The van der Waals surface area contributed by atoms with E-state index in [1.54, 1.807) is 12.4 Å². The number of nitrogens with zero attached hydrogens (tertiary/aromatic N) is 5. The van der Waals surface area contributed by atoms with Crippen molar-refractivity contribution in [2.45, 2.75) is 45.2 Å². The van der Waals surface area contributed by atoms with Gasteiger partial charge < -0.3 is 9.67 Å². The molecule has 1 N–H and O–H groups in total. The third kappa shape index (κ3) is 2.78. The Balaban J connectivity index is 1.83. The Kier molecular flexibility index (Phi) is 3.90. The number of hydrogen-bond acceptors (Lipinski definition) is 5. The lowest BCUT2D eigenvalue weighted by Gasteiger charge is -2.32. The van der Waals surface area contributed by atoms with Gasteiger partial charge in [0.2, 0.25) is 0 Å². The SMILES string of the molecule is CC(C)[C@@H]1Cn2nc(C3CC3)c(-c3ccnnc3)c2-c2cc(=O)c(C(=O)O)cn21. The number of carboxylic acids is 1. The molecule has 2 aliphatic rings. The average molecular weight is 391 g/mol. The molecule has 5 rings (SSSR count). The minimum Gasteiger partial charge on any atom is -0.477 e. The van der Waals surface area contributed by atoms with Crippen LogP contribution in [0.2, 0.25) is 0 Å². The van der Waals surface area contributed by atoms with E-state index in [9.17, 15) is 14.7 Å². The van der Waals surface area contributed by atoms with Gasteiger partial charge in [-0.2, -0.15) is 15.3 Å². The van der Waals surface area contributed by atoms with Crippen LogP contribution in [0.25, 0.3) is 22.5 Å². The summed E-state index contributed by atoms with van der Waals surface area (Å²) in [6.07, 6.45) is 7.05. The largest absolute Gasteiger partial charge is 0.477 e. The second kappa shape index (κ2) is 6.37. The maximum atomic E-state index is 12.6. The highest BCUT2D eigenvalue weighted by atomic mass is 16.4. The van der Waals surface area contributed by atoms with E-state index in [2.05, 4.69) is 24.0 Å². The Labute approximate surface area is 166 Å². The lowest BCUT2D eigenvalue weighted by molar-refractivity contribution is 0.0694. The van der Waals surface area contributed by atoms with Crippen molar-refractivity contribution < 1.29 is 9.90 Å². The standard InChI is InChI=1S/C21H21N5O3/c1-11(2)16-10-26-20(15-7-17(27)14(21(28)29)9-25(15)16)18(13-5-6-22-23-8-13)19(24-26)12-3-4-12/h5-9,11-12,16H,3-4,10H2,1-2H3,(H,28,29)/t16-/m0/s1. The van der Waals surface area contributed by atoms with E-state index in [4.69, 9.17) is 5.10 Å². The van der Waals surface area contributed by atoms with Crippen LogP contribution < -0.4 is 5.43 Å². The van der Waals surface area contributed by atoms with Crippen molar-refractivity contribution in [3.63, 3.8) is 0 Å². The van der Waals surface area contributed by atoms with Gasteiger partial charge in [0.1, 0.15) is 5.56 Å². The zero-order valence-electron chi connectivity index (χ0n) is 16.2. The Morgan fingerprint density at radius 1 is 1.28 bits per heavy atom. The summed E-state index contributed by atoms with van der Waals surface area (Å²) in [6.45, 7) is 4.81. The van der Waals surface area contributed by atoms with Crippen molar-refractivity contribution >= 4 is 5.97 Å². The highest BCUT2D eigenvalue weighted by molar-refractivity contribution is 5.88. The number of hydrogen-bond donors (Lipinski definition) is 1. The number of carboxylic acid groups (broad SMARTS) is 1. The number of fused-ring (bicyclic) bond motifs is 3. The van der Waals surface area contributed by atoms with Gasteiger partial charge in [-0.05, 0) is 24.8 Å². The van der Waals surface area contributed by atoms with Crippen molar-refractivity contribution in [2.24, 2.45) is 5.92 Å². The lowest BCUT2D eigenvalue weighted by atomic mass is 9.96. The fourth-order valence-corrected chi connectivity index (χ4v) is 4.21. The van der Waals surface area contributed by atoms with Crippen LogP contribution in [0.5, 0.6) is 0 Å². The Morgan fingerprint density at radius 3 is 2.69 bits per heavy atom. The van der Waals surface area contributed by atoms with Crippen molar-refractivity contribution in [1.29, 1.82) is 0 Å². The first-order valence-electron chi connectivity index (χ1n) is 9.83. The quantitative estimate of drug-likeness (QED) is 0.733. The Hall–Kier alpha value is -3.29. The third-order valence-electron chi connectivity index (χ3n) is 5.86. The molecule has 8 nitrogen and oxygen atoms in total. The summed E-state index contributed by atoms with van der Waals surface area (Å²) in [5, 5.41) is 22.3. The maximum absolute atomic E-state index is 12.6. The molecule has 0 radical (unpaired) electrons. The molecule has 0 unspecified atom stereocenters. The van der Waals surface area contributed by atoms with Crippen LogP contribution in [-0.2, 0) is 6.54 Å². The first-order chi connectivity index (χ1) is 14.0. The minimum absolute atomic E-state index is 0.00608. The molecule has 148 valence electrons. The van der Waals surface area contributed by atoms with E-state index in [1.165, 1.54) is 12.3 Å². The van der Waals surface area contributed by atoms with Crippen molar-refractivity contribution in [2.75, 3.05) is 0 Å². The molecular formula is C21H21N5O3. The van der Waals surface area contributed by atoms with Crippen molar-refractivity contribution in [3.05, 3.63) is 52.2 Å². The molecule has 1 saturated carbocycles.